The van der Waals surface area contributed by atoms with Crippen molar-refractivity contribution in [3.63, 3.8) is 0 Å². The number of anilines is 1. The number of cyclic esters (lactones) is 1. The molecule has 0 bridgehead atoms. The Morgan fingerprint density at radius 2 is 1.73 bits per heavy atom. The maximum atomic E-state index is 15.5. The number of benzene rings is 2. The van der Waals surface area contributed by atoms with Gasteiger partial charge in [0.25, 0.3) is 0 Å². The number of carbonyl (C=O) groups is 3. The van der Waals surface area contributed by atoms with E-state index >= 15 is 13.2 Å². The van der Waals surface area contributed by atoms with E-state index in [2.05, 4.69) is 11.4 Å². The number of likely N-dealkylation sites (tertiary alicyclic amines) is 1. The van der Waals surface area contributed by atoms with Gasteiger partial charge < -0.3 is 19.7 Å². The highest BCUT2D eigenvalue weighted by Crippen LogP contribution is 2.63. The average Bonchev–Trinajstić information content (AvgIpc) is 3.16. The number of nitrogens with one attached hydrogen (secondary N) is 1. The van der Waals surface area contributed by atoms with Gasteiger partial charge >= 0.3 is 12.2 Å². The third kappa shape index (κ3) is 5.05. The molecule has 2 aromatic rings. The van der Waals surface area contributed by atoms with Gasteiger partial charge in [-0.3, -0.25) is 9.69 Å². The summed E-state index contributed by atoms with van der Waals surface area (Å²) in [7, 11) is 0. The fraction of sp³-hybridized carbons (Fsp3) is 0.448. The number of halogens is 3. The lowest BCUT2D eigenvalue weighted by atomic mass is 9.89. The van der Waals surface area contributed by atoms with E-state index in [0.29, 0.717) is 0 Å². The molecule has 1 unspecified atom stereocenters. The number of nitrogens with zero attached hydrogens (tertiary/aromatic N) is 3. The van der Waals surface area contributed by atoms with E-state index in [-0.39, 0.29) is 60.7 Å². The molecular weight excluding hydrogens is 541 g/mol. The molecule has 9 nitrogen and oxygen atoms in total. The van der Waals surface area contributed by atoms with Crippen LogP contribution in [0.2, 0.25) is 0 Å². The van der Waals surface area contributed by atoms with Crippen LogP contribution in [-0.2, 0) is 19.7 Å². The molecule has 0 spiro atoms. The first-order valence-electron chi connectivity index (χ1n) is 13.2. The topological polar surface area (TPSA) is 112 Å². The molecule has 0 aromatic heterocycles. The molecule has 2 saturated heterocycles. The maximum absolute atomic E-state index is 15.5. The highest BCUT2D eigenvalue weighted by molar-refractivity contribution is 5.90. The highest BCUT2D eigenvalue weighted by Gasteiger charge is 2.71. The molecule has 2 aliphatic heterocycles. The van der Waals surface area contributed by atoms with Crippen LogP contribution in [0.25, 0.3) is 11.1 Å². The summed E-state index contributed by atoms with van der Waals surface area (Å²) < 4.78 is 56.4. The summed E-state index contributed by atoms with van der Waals surface area (Å²) in [5.74, 6) is -3.71. The summed E-state index contributed by atoms with van der Waals surface area (Å²) >= 11 is 0. The molecule has 12 heteroatoms. The first-order valence-corrected chi connectivity index (χ1v) is 13.2. The number of rotatable bonds is 5. The summed E-state index contributed by atoms with van der Waals surface area (Å²) in [5, 5.41) is 12.5. The molecule has 1 saturated carbocycles. The van der Waals surface area contributed by atoms with Gasteiger partial charge in [0.05, 0.1) is 35.8 Å². The van der Waals surface area contributed by atoms with Crippen LogP contribution in [0.3, 0.4) is 0 Å². The van der Waals surface area contributed by atoms with Crippen LogP contribution in [-0.4, -0.2) is 60.9 Å². The Morgan fingerprint density at radius 1 is 1.10 bits per heavy atom. The smallest absolute Gasteiger partial charge is 0.414 e. The molecule has 2 heterocycles. The first-order chi connectivity index (χ1) is 19.2. The zero-order valence-corrected chi connectivity index (χ0v) is 23.0. The molecule has 216 valence electrons. The summed E-state index contributed by atoms with van der Waals surface area (Å²) in [6.45, 7) is 7.08. The Balaban J connectivity index is 1.34. The van der Waals surface area contributed by atoms with Crippen molar-refractivity contribution in [2.24, 2.45) is 11.8 Å². The van der Waals surface area contributed by atoms with Crippen LogP contribution in [0, 0.1) is 40.6 Å². The molecule has 1 aliphatic carbocycles. The Bertz CT molecular complexity index is 1450. The van der Waals surface area contributed by atoms with Crippen molar-refractivity contribution in [1.82, 2.24) is 10.2 Å². The molecule has 41 heavy (non-hydrogen) atoms. The molecule has 3 fully saturated rings. The number of piperidine rings is 1. The number of nitriles is 1. The Labute approximate surface area is 234 Å². The summed E-state index contributed by atoms with van der Waals surface area (Å²) in [6, 6.07) is 7.84. The van der Waals surface area contributed by atoms with Gasteiger partial charge in [0.15, 0.2) is 0 Å². The van der Waals surface area contributed by atoms with Gasteiger partial charge in [0, 0.05) is 37.4 Å². The summed E-state index contributed by atoms with van der Waals surface area (Å²) in [5.41, 5.74) is -2.35. The quantitative estimate of drug-likeness (QED) is 0.567. The Morgan fingerprint density at radius 3 is 2.27 bits per heavy atom. The number of carbonyl (C=O) groups excluding carboxylic acids is 3. The van der Waals surface area contributed by atoms with E-state index in [1.807, 2.05) is 0 Å². The van der Waals surface area contributed by atoms with Crippen molar-refractivity contribution >= 4 is 23.8 Å². The Hall–Kier alpha value is -4.27. The SMILES string of the molecule is CC(=O)NC[C@H]1CN(c2cc(F)c(-c3ccc(C4(C#N)[C@@H]5CN(C(=O)OC(C)(C)C)C[C@@H]54)c(F)c3)c(F)c2)C(=O)O1. The average molecular weight is 571 g/mol. The van der Waals surface area contributed by atoms with Crippen molar-refractivity contribution < 1.29 is 37.0 Å². The fourth-order valence-corrected chi connectivity index (χ4v) is 5.83. The van der Waals surface area contributed by atoms with Gasteiger partial charge in [-0.15, -0.1) is 0 Å². The number of amides is 3. The van der Waals surface area contributed by atoms with Crippen molar-refractivity contribution in [1.29, 1.82) is 5.26 Å². The largest absolute Gasteiger partial charge is 0.444 e. The molecule has 1 N–H and O–H groups in total. The molecule has 4 atom stereocenters. The summed E-state index contributed by atoms with van der Waals surface area (Å²) in [4.78, 5) is 38.4. The van der Waals surface area contributed by atoms with Crippen molar-refractivity contribution in [3.05, 3.63) is 53.3 Å². The standard InChI is InChI=1S/C29H29F3N4O5/c1-15(37)34-10-18-11-36(27(39)40-18)17-8-23(31)25(24(32)9-17)16-5-6-19(22(30)7-16)29(14-33)20-12-35(13-21(20)29)26(38)41-28(2,3)4/h5-9,18,20-21H,10-13H2,1-4H3,(H,34,37)/t18-,20-,21+,29?/m0/s1. The van der Waals surface area contributed by atoms with Gasteiger partial charge in [-0.1, -0.05) is 12.1 Å². The monoisotopic (exact) mass is 570 g/mol. The molecular formula is C29H29F3N4O5. The minimum Gasteiger partial charge on any atom is -0.444 e. The fourth-order valence-electron chi connectivity index (χ4n) is 5.83. The van der Waals surface area contributed by atoms with Crippen molar-refractivity contribution in [3.8, 4) is 17.2 Å². The molecule has 0 radical (unpaired) electrons. The summed E-state index contributed by atoms with van der Waals surface area (Å²) in [6.07, 6.45) is -2.00. The highest BCUT2D eigenvalue weighted by atomic mass is 19.1. The minimum atomic E-state index is -1.15. The number of ether oxygens (including phenoxy) is 2. The van der Waals surface area contributed by atoms with E-state index in [0.717, 1.165) is 23.1 Å². The van der Waals surface area contributed by atoms with Gasteiger partial charge in [-0.2, -0.15) is 5.26 Å². The van der Waals surface area contributed by atoms with Crippen molar-refractivity contribution in [2.45, 2.75) is 44.8 Å². The predicted octanol–water partition coefficient (Wildman–Crippen LogP) is 4.49. The van der Waals surface area contributed by atoms with E-state index in [4.69, 9.17) is 9.47 Å². The first kappa shape index (κ1) is 28.3. The molecule has 5 rings (SSSR count). The van der Waals surface area contributed by atoms with Crippen LogP contribution in [0.4, 0.5) is 28.4 Å². The van der Waals surface area contributed by atoms with Crippen molar-refractivity contribution in [2.75, 3.05) is 31.1 Å². The zero-order valence-electron chi connectivity index (χ0n) is 23.0. The van der Waals surface area contributed by atoms with Crippen LogP contribution >= 0.6 is 0 Å². The number of fused-ring (bicyclic) bond motifs is 1. The second-order valence-corrected chi connectivity index (χ2v) is 11.6. The third-order valence-corrected chi connectivity index (χ3v) is 7.71. The normalized spacial score (nSPS) is 24.9. The maximum Gasteiger partial charge on any atom is 0.414 e. The van der Waals surface area contributed by atoms with E-state index in [1.165, 1.54) is 24.0 Å². The Kier molecular flexibility index (Phi) is 6.88. The molecule has 3 amide bonds. The van der Waals surface area contributed by atoms with E-state index in [9.17, 15) is 19.6 Å². The third-order valence-electron chi connectivity index (χ3n) is 7.71. The van der Waals surface area contributed by atoms with Gasteiger partial charge in [0.1, 0.15) is 29.2 Å². The van der Waals surface area contributed by atoms with Crippen LogP contribution in [0.15, 0.2) is 30.3 Å². The van der Waals surface area contributed by atoms with Gasteiger partial charge in [-0.25, -0.2) is 22.8 Å². The van der Waals surface area contributed by atoms with Gasteiger partial charge in [-0.05, 0) is 44.5 Å². The van der Waals surface area contributed by atoms with Crippen LogP contribution in [0.1, 0.15) is 33.3 Å². The second kappa shape index (κ2) is 9.98. The number of hydrogen-bond acceptors (Lipinski definition) is 6. The lowest BCUT2D eigenvalue weighted by Gasteiger charge is -2.27. The second-order valence-electron chi connectivity index (χ2n) is 11.6. The van der Waals surface area contributed by atoms with Crippen LogP contribution < -0.4 is 10.2 Å². The van der Waals surface area contributed by atoms with E-state index in [1.54, 1.807) is 20.8 Å². The minimum absolute atomic E-state index is 0.0232. The zero-order chi connectivity index (χ0) is 29.9. The number of hydrogen-bond donors (Lipinski definition) is 1. The molecule has 2 aromatic carbocycles. The lowest BCUT2D eigenvalue weighted by Crippen LogP contribution is -2.39. The molecule has 3 aliphatic rings. The van der Waals surface area contributed by atoms with Gasteiger partial charge in [0.2, 0.25) is 5.91 Å². The van der Waals surface area contributed by atoms with E-state index < -0.39 is 52.3 Å². The predicted molar refractivity (Wildman–Crippen MR) is 140 cm³/mol. The van der Waals surface area contributed by atoms with Crippen LogP contribution in [0.5, 0.6) is 0 Å². The lowest BCUT2D eigenvalue weighted by molar-refractivity contribution is -0.119.